The van der Waals surface area contributed by atoms with Gasteiger partial charge in [-0.15, -0.1) is 0 Å². The molecule has 26 heavy (non-hydrogen) atoms. The number of rotatable bonds is 5. The first-order chi connectivity index (χ1) is 12.6. The number of ether oxygens (including phenoxy) is 2. The second-order valence-corrected chi connectivity index (χ2v) is 5.77. The number of hydrogen-bond donors (Lipinski definition) is 1. The van der Waals surface area contributed by atoms with Gasteiger partial charge in [0.15, 0.2) is 6.61 Å². The van der Waals surface area contributed by atoms with Crippen LogP contribution in [-0.2, 0) is 9.53 Å². The summed E-state index contributed by atoms with van der Waals surface area (Å²) in [5.41, 5.74) is 1.06. The Morgan fingerprint density at radius 1 is 1.04 bits per heavy atom. The molecule has 1 aliphatic heterocycles. The number of halogens is 1. The molecule has 2 aromatic carbocycles. The number of carbonyl (C=O) groups excluding carboxylic acids is 2. The molecule has 0 aromatic heterocycles. The molecule has 2 amide bonds. The lowest BCUT2D eigenvalue weighted by Gasteiger charge is -2.26. The van der Waals surface area contributed by atoms with Crippen LogP contribution in [0.1, 0.15) is 10.4 Å². The minimum atomic E-state index is -0.369. The summed E-state index contributed by atoms with van der Waals surface area (Å²) in [5, 5.41) is 2.61. The average molecular weight is 358 g/mol. The van der Waals surface area contributed by atoms with E-state index in [1.807, 2.05) is 0 Å². The molecule has 1 heterocycles. The molecule has 0 radical (unpaired) electrons. The summed E-state index contributed by atoms with van der Waals surface area (Å²) in [7, 11) is 0. The number of amides is 2. The number of anilines is 1. The van der Waals surface area contributed by atoms with E-state index in [9.17, 15) is 14.0 Å². The van der Waals surface area contributed by atoms with E-state index in [-0.39, 0.29) is 24.2 Å². The van der Waals surface area contributed by atoms with Gasteiger partial charge in [-0.3, -0.25) is 9.59 Å². The Labute approximate surface area is 150 Å². The fourth-order valence-electron chi connectivity index (χ4n) is 2.52. The molecule has 2 aromatic rings. The highest BCUT2D eigenvalue weighted by Gasteiger charge is 2.18. The van der Waals surface area contributed by atoms with Crippen LogP contribution in [-0.4, -0.2) is 49.6 Å². The Kier molecular flexibility index (Phi) is 5.80. The maximum absolute atomic E-state index is 12.8. The Bertz CT molecular complexity index is 756. The molecule has 1 aliphatic rings. The third-order valence-corrected chi connectivity index (χ3v) is 3.90. The highest BCUT2D eigenvalue weighted by Crippen LogP contribution is 2.15. The van der Waals surface area contributed by atoms with Gasteiger partial charge in [-0.1, -0.05) is 0 Å². The molecule has 0 spiro atoms. The Hall–Kier alpha value is -2.93. The molecule has 136 valence electrons. The van der Waals surface area contributed by atoms with Crippen molar-refractivity contribution in [2.24, 2.45) is 0 Å². The highest BCUT2D eigenvalue weighted by molar-refractivity contribution is 5.94. The minimum absolute atomic E-state index is 0.0473. The van der Waals surface area contributed by atoms with Gasteiger partial charge in [0.05, 0.1) is 13.2 Å². The predicted molar refractivity (Wildman–Crippen MR) is 93.7 cm³/mol. The molecule has 1 saturated heterocycles. The number of nitrogens with one attached hydrogen (secondary N) is 1. The molecular weight excluding hydrogens is 339 g/mol. The van der Waals surface area contributed by atoms with E-state index < -0.39 is 0 Å². The summed E-state index contributed by atoms with van der Waals surface area (Å²) in [4.78, 5) is 25.9. The normalized spacial score (nSPS) is 14.0. The number of nitrogens with zero attached hydrogens (tertiary/aromatic N) is 1. The third-order valence-electron chi connectivity index (χ3n) is 3.90. The van der Waals surface area contributed by atoms with Gasteiger partial charge in [0.25, 0.3) is 11.8 Å². The van der Waals surface area contributed by atoms with Crippen molar-refractivity contribution >= 4 is 17.5 Å². The zero-order valence-electron chi connectivity index (χ0n) is 14.1. The van der Waals surface area contributed by atoms with Crippen molar-refractivity contribution in [2.45, 2.75) is 0 Å². The third kappa shape index (κ3) is 4.80. The monoisotopic (exact) mass is 358 g/mol. The zero-order chi connectivity index (χ0) is 18.4. The molecule has 1 fully saturated rings. The summed E-state index contributed by atoms with van der Waals surface area (Å²) in [6.07, 6.45) is 0. The van der Waals surface area contributed by atoms with Crippen molar-refractivity contribution in [3.05, 3.63) is 59.9 Å². The van der Waals surface area contributed by atoms with Crippen LogP contribution in [0.25, 0.3) is 0 Å². The fourth-order valence-corrected chi connectivity index (χ4v) is 2.52. The van der Waals surface area contributed by atoms with Crippen LogP contribution in [0.5, 0.6) is 5.75 Å². The molecule has 6 nitrogen and oxygen atoms in total. The van der Waals surface area contributed by atoms with Crippen LogP contribution in [0.15, 0.2) is 48.5 Å². The van der Waals surface area contributed by atoms with Gasteiger partial charge in [-0.25, -0.2) is 4.39 Å². The highest BCUT2D eigenvalue weighted by atomic mass is 19.1. The van der Waals surface area contributed by atoms with Gasteiger partial charge < -0.3 is 19.7 Å². The zero-order valence-corrected chi connectivity index (χ0v) is 14.1. The van der Waals surface area contributed by atoms with Crippen molar-refractivity contribution < 1.29 is 23.5 Å². The van der Waals surface area contributed by atoms with Crippen molar-refractivity contribution in [3.8, 4) is 5.75 Å². The molecular formula is C19H19FN2O4. The van der Waals surface area contributed by atoms with Crippen molar-refractivity contribution in [1.29, 1.82) is 0 Å². The van der Waals surface area contributed by atoms with E-state index in [2.05, 4.69) is 5.32 Å². The van der Waals surface area contributed by atoms with Crippen LogP contribution in [0.2, 0.25) is 0 Å². The van der Waals surface area contributed by atoms with Crippen LogP contribution in [0.4, 0.5) is 10.1 Å². The summed E-state index contributed by atoms with van der Waals surface area (Å²) in [6, 6.07) is 12.1. The topological polar surface area (TPSA) is 67.9 Å². The lowest BCUT2D eigenvalue weighted by atomic mass is 10.2. The van der Waals surface area contributed by atoms with Gasteiger partial charge >= 0.3 is 0 Å². The number of morpholine rings is 1. The van der Waals surface area contributed by atoms with Gasteiger partial charge in [0.2, 0.25) is 0 Å². The Morgan fingerprint density at radius 2 is 1.69 bits per heavy atom. The molecule has 0 saturated carbocycles. The van der Waals surface area contributed by atoms with Crippen molar-refractivity contribution in [3.63, 3.8) is 0 Å². The second-order valence-electron chi connectivity index (χ2n) is 5.77. The van der Waals surface area contributed by atoms with Crippen molar-refractivity contribution in [1.82, 2.24) is 4.90 Å². The van der Waals surface area contributed by atoms with E-state index in [1.54, 1.807) is 29.2 Å². The molecule has 3 rings (SSSR count). The smallest absolute Gasteiger partial charge is 0.262 e. The summed E-state index contributed by atoms with van der Waals surface area (Å²) in [6.45, 7) is 2.08. The number of benzene rings is 2. The van der Waals surface area contributed by atoms with Crippen molar-refractivity contribution in [2.75, 3.05) is 38.2 Å². The second kappa shape index (κ2) is 8.44. The minimum Gasteiger partial charge on any atom is -0.484 e. The van der Waals surface area contributed by atoms with Crippen LogP contribution < -0.4 is 10.1 Å². The summed E-state index contributed by atoms with van der Waals surface area (Å²) in [5.74, 6) is -0.289. The first-order valence-corrected chi connectivity index (χ1v) is 8.27. The number of carbonyl (C=O) groups is 2. The maximum Gasteiger partial charge on any atom is 0.262 e. The first kappa shape index (κ1) is 17.9. The van der Waals surface area contributed by atoms with Crippen LogP contribution in [0.3, 0.4) is 0 Å². The van der Waals surface area contributed by atoms with E-state index in [0.29, 0.717) is 43.3 Å². The van der Waals surface area contributed by atoms with Gasteiger partial charge in [0.1, 0.15) is 11.6 Å². The molecule has 7 heteroatoms. The molecule has 1 N–H and O–H groups in total. The fraction of sp³-hybridized carbons (Fsp3) is 0.263. The van der Waals surface area contributed by atoms with Crippen LogP contribution in [0, 0.1) is 5.82 Å². The summed E-state index contributed by atoms with van der Waals surface area (Å²) < 4.78 is 23.5. The number of hydrogen-bond acceptors (Lipinski definition) is 4. The standard InChI is InChI=1S/C19H19FN2O4/c20-15-3-5-16(6-4-15)21-18(23)13-26-17-7-1-14(2-8-17)19(24)22-9-11-25-12-10-22/h1-8H,9-13H2,(H,21,23). The molecule has 0 aliphatic carbocycles. The molecule has 0 atom stereocenters. The molecule has 0 bridgehead atoms. The van der Waals surface area contributed by atoms with Gasteiger partial charge in [-0.05, 0) is 48.5 Å². The van der Waals surface area contributed by atoms with Gasteiger partial charge in [0, 0.05) is 24.3 Å². The Morgan fingerprint density at radius 3 is 2.35 bits per heavy atom. The van der Waals surface area contributed by atoms with E-state index in [4.69, 9.17) is 9.47 Å². The van der Waals surface area contributed by atoms with Crippen LogP contribution >= 0.6 is 0 Å². The van der Waals surface area contributed by atoms with Gasteiger partial charge in [-0.2, -0.15) is 0 Å². The lowest BCUT2D eigenvalue weighted by Crippen LogP contribution is -2.40. The average Bonchev–Trinajstić information content (AvgIpc) is 2.69. The van der Waals surface area contributed by atoms with E-state index >= 15 is 0 Å². The lowest BCUT2D eigenvalue weighted by molar-refractivity contribution is -0.118. The quantitative estimate of drug-likeness (QED) is 0.891. The first-order valence-electron chi connectivity index (χ1n) is 8.27. The largest absolute Gasteiger partial charge is 0.484 e. The predicted octanol–water partition coefficient (Wildman–Crippen LogP) is 2.32. The maximum atomic E-state index is 12.8. The SMILES string of the molecule is O=C(COc1ccc(C(=O)N2CCOCC2)cc1)Nc1ccc(F)cc1. The molecule has 0 unspecified atom stereocenters. The van der Waals surface area contributed by atoms with E-state index in [1.165, 1.54) is 24.3 Å². The summed E-state index contributed by atoms with van der Waals surface area (Å²) >= 11 is 0. The Balaban J connectivity index is 1.50. The van der Waals surface area contributed by atoms with E-state index in [0.717, 1.165) is 0 Å².